The van der Waals surface area contributed by atoms with Crippen LogP contribution in [0, 0.1) is 5.92 Å². The number of halogens is 3. The lowest BCUT2D eigenvalue weighted by Crippen LogP contribution is -2.50. The van der Waals surface area contributed by atoms with Gasteiger partial charge in [-0.15, -0.1) is 0 Å². The number of likely N-dealkylation sites (tertiary alicyclic amines) is 1. The number of hydrogen-bond acceptors (Lipinski definition) is 3. The predicted molar refractivity (Wildman–Crippen MR) is 78.5 cm³/mol. The number of carboxylic acids is 1. The number of hydrogen-bond donors (Lipinski definition) is 1. The van der Waals surface area contributed by atoms with Crippen LogP contribution in [-0.4, -0.2) is 41.1 Å². The Kier molecular flexibility index (Phi) is 5.36. The van der Waals surface area contributed by atoms with Gasteiger partial charge in [0, 0.05) is 12.6 Å². The maximum Gasteiger partial charge on any atom is 0.416 e. The van der Waals surface area contributed by atoms with E-state index in [4.69, 9.17) is 9.84 Å². The standard InChI is InChI=1S/C16H18F3NO4/c1-10-13(15(22)23)3-2-8-20(10)14(21)9-24-12-6-4-11(5-7-12)16(17,18)19/h4-7,10,13H,2-3,8-9H2,1H3,(H,22,23)/t10-,13-/m1/s1. The Balaban J connectivity index is 1.94. The van der Waals surface area contributed by atoms with Crippen molar-refractivity contribution in [1.82, 2.24) is 4.90 Å². The molecule has 0 unspecified atom stereocenters. The van der Waals surface area contributed by atoms with Gasteiger partial charge < -0.3 is 14.7 Å². The molecular weight excluding hydrogens is 327 g/mol. The van der Waals surface area contributed by atoms with E-state index in [1.807, 2.05) is 0 Å². The summed E-state index contributed by atoms with van der Waals surface area (Å²) in [6, 6.07) is 3.61. The van der Waals surface area contributed by atoms with Gasteiger partial charge in [0.25, 0.3) is 5.91 Å². The fourth-order valence-electron chi connectivity index (χ4n) is 2.79. The number of nitrogens with zero attached hydrogens (tertiary/aromatic N) is 1. The summed E-state index contributed by atoms with van der Waals surface area (Å²) < 4.78 is 42.6. The van der Waals surface area contributed by atoms with Crippen LogP contribution in [0.3, 0.4) is 0 Å². The Morgan fingerprint density at radius 2 is 1.92 bits per heavy atom. The van der Waals surface area contributed by atoms with E-state index >= 15 is 0 Å². The first kappa shape index (κ1) is 18.1. The summed E-state index contributed by atoms with van der Waals surface area (Å²) in [6.45, 7) is 1.77. The first-order valence-electron chi connectivity index (χ1n) is 7.52. The molecule has 2 atom stereocenters. The van der Waals surface area contributed by atoms with Gasteiger partial charge in [0.1, 0.15) is 5.75 Å². The van der Waals surface area contributed by atoms with Crippen molar-refractivity contribution in [3.63, 3.8) is 0 Å². The van der Waals surface area contributed by atoms with E-state index in [-0.39, 0.29) is 18.3 Å². The maximum absolute atomic E-state index is 12.5. The third-order valence-corrected chi connectivity index (χ3v) is 4.17. The summed E-state index contributed by atoms with van der Waals surface area (Å²) in [5, 5.41) is 9.15. The quantitative estimate of drug-likeness (QED) is 0.911. The average Bonchev–Trinajstić information content (AvgIpc) is 2.52. The summed E-state index contributed by atoms with van der Waals surface area (Å²) in [5.41, 5.74) is -0.796. The van der Waals surface area contributed by atoms with Crippen LogP contribution >= 0.6 is 0 Å². The second kappa shape index (κ2) is 7.11. The molecule has 1 saturated heterocycles. The number of aliphatic carboxylic acids is 1. The topological polar surface area (TPSA) is 66.8 Å². The van der Waals surface area contributed by atoms with Crippen LogP contribution in [0.1, 0.15) is 25.3 Å². The highest BCUT2D eigenvalue weighted by Crippen LogP contribution is 2.30. The molecule has 0 aliphatic carbocycles. The molecule has 132 valence electrons. The Bertz CT molecular complexity index is 600. The lowest BCUT2D eigenvalue weighted by atomic mass is 9.90. The fraction of sp³-hybridized carbons (Fsp3) is 0.500. The molecule has 1 heterocycles. The van der Waals surface area contributed by atoms with Crippen molar-refractivity contribution in [3.05, 3.63) is 29.8 Å². The minimum atomic E-state index is -4.43. The van der Waals surface area contributed by atoms with Crippen LogP contribution in [0.2, 0.25) is 0 Å². The van der Waals surface area contributed by atoms with Gasteiger partial charge in [0.05, 0.1) is 11.5 Å². The van der Waals surface area contributed by atoms with Crippen molar-refractivity contribution in [2.75, 3.05) is 13.2 Å². The third kappa shape index (κ3) is 4.18. The molecule has 0 bridgehead atoms. The molecule has 0 saturated carbocycles. The number of amides is 1. The summed E-state index contributed by atoms with van der Waals surface area (Å²) in [6.07, 6.45) is -3.32. The Morgan fingerprint density at radius 1 is 1.29 bits per heavy atom. The van der Waals surface area contributed by atoms with Crippen molar-refractivity contribution >= 4 is 11.9 Å². The van der Waals surface area contributed by atoms with E-state index in [9.17, 15) is 22.8 Å². The highest BCUT2D eigenvalue weighted by Gasteiger charge is 2.35. The molecule has 0 radical (unpaired) electrons. The van der Waals surface area contributed by atoms with Gasteiger partial charge in [-0.05, 0) is 44.0 Å². The first-order chi connectivity index (χ1) is 11.2. The molecular formula is C16H18F3NO4. The number of carbonyl (C=O) groups is 2. The smallest absolute Gasteiger partial charge is 0.416 e. The van der Waals surface area contributed by atoms with Gasteiger partial charge in [0.15, 0.2) is 6.61 Å². The number of alkyl halides is 3. The normalized spacial score (nSPS) is 21.4. The van der Waals surface area contributed by atoms with E-state index in [2.05, 4.69) is 0 Å². The Hall–Kier alpha value is -2.25. The molecule has 1 N–H and O–H groups in total. The maximum atomic E-state index is 12.5. The number of benzene rings is 1. The van der Waals surface area contributed by atoms with Crippen molar-refractivity contribution in [2.45, 2.75) is 32.0 Å². The number of rotatable bonds is 4. The van der Waals surface area contributed by atoms with Crippen molar-refractivity contribution in [3.8, 4) is 5.75 Å². The molecule has 1 aromatic carbocycles. The minimum absolute atomic E-state index is 0.149. The zero-order valence-corrected chi connectivity index (χ0v) is 13.0. The lowest BCUT2D eigenvalue weighted by Gasteiger charge is -2.37. The Morgan fingerprint density at radius 3 is 2.46 bits per heavy atom. The van der Waals surface area contributed by atoms with Gasteiger partial charge in [-0.1, -0.05) is 0 Å². The molecule has 24 heavy (non-hydrogen) atoms. The summed E-state index contributed by atoms with van der Waals surface area (Å²) >= 11 is 0. The third-order valence-electron chi connectivity index (χ3n) is 4.17. The van der Waals surface area contributed by atoms with Gasteiger partial charge in [-0.25, -0.2) is 0 Å². The molecule has 0 spiro atoms. The molecule has 1 aliphatic rings. The molecule has 5 nitrogen and oxygen atoms in total. The molecule has 1 aliphatic heterocycles. The highest BCUT2D eigenvalue weighted by atomic mass is 19.4. The number of piperidine rings is 1. The van der Waals surface area contributed by atoms with Crippen LogP contribution in [-0.2, 0) is 15.8 Å². The van der Waals surface area contributed by atoms with E-state index in [0.717, 1.165) is 24.3 Å². The number of ether oxygens (including phenoxy) is 1. The first-order valence-corrected chi connectivity index (χ1v) is 7.52. The summed E-state index contributed by atoms with van der Waals surface area (Å²) in [7, 11) is 0. The van der Waals surface area contributed by atoms with Crippen molar-refractivity contribution < 1.29 is 32.6 Å². The van der Waals surface area contributed by atoms with E-state index in [0.29, 0.717) is 19.4 Å². The highest BCUT2D eigenvalue weighted by molar-refractivity contribution is 5.80. The summed E-state index contributed by atoms with van der Waals surface area (Å²) in [5.74, 6) is -1.79. The van der Waals surface area contributed by atoms with Crippen LogP contribution in [0.4, 0.5) is 13.2 Å². The van der Waals surface area contributed by atoms with Crippen molar-refractivity contribution in [1.29, 1.82) is 0 Å². The molecule has 8 heteroatoms. The van der Waals surface area contributed by atoms with Crippen molar-refractivity contribution in [2.24, 2.45) is 5.92 Å². The van der Waals surface area contributed by atoms with Gasteiger partial charge in [0.2, 0.25) is 0 Å². The van der Waals surface area contributed by atoms with Gasteiger partial charge >= 0.3 is 12.1 Å². The zero-order valence-electron chi connectivity index (χ0n) is 13.0. The van der Waals surface area contributed by atoms with E-state index in [1.165, 1.54) is 4.90 Å². The minimum Gasteiger partial charge on any atom is -0.484 e. The van der Waals surface area contributed by atoms with Crippen LogP contribution in [0.25, 0.3) is 0 Å². The van der Waals surface area contributed by atoms with E-state index < -0.39 is 29.7 Å². The Labute approximate surface area is 137 Å². The van der Waals surface area contributed by atoms with Crippen LogP contribution in [0.5, 0.6) is 5.75 Å². The molecule has 1 amide bonds. The fourth-order valence-corrected chi connectivity index (χ4v) is 2.79. The SMILES string of the molecule is C[C@@H]1[C@H](C(=O)O)CCCN1C(=O)COc1ccc(C(F)(F)F)cc1. The lowest BCUT2D eigenvalue weighted by molar-refractivity contribution is -0.149. The summed E-state index contributed by atoms with van der Waals surface area (Å²) in [4.78, 5) is 24.8. The molecule has 2 rings (SSSR count). The molecule has 1 aromatic rings. The van der Waals surface area contributed by atoms with E-state index in [1.54, 1.807) is 6.92 Å². The monoisotopic (exact) mass is 345 g/mol. The van der Waals surface area contributed by atoms with Gasteiger partial charge in [-0.2, -0.15) is 13.2 Å². The van der Waals surface area contributed by atoms with Gasteiger partial charge in [-0.3, -0.25) is 9.59 Å². The largest absolute Gasteiger partial charge is 0.484 e. The second-order valence-corrected chi connectivity index (χ2v) is 5.73. The predicted octanol–water partition coefficient (Wildman–Crippen LogP) is 2.80. The second-order valence-electron chi connectivity index (χ2n) is 5.73. The average molecular weight is 345 g/mol. The molecule has 1 fully saturated rings. The number of carbonyl (C=O) groups excluding carboxylic acids is 1. The molecule has 0 aromatic heterocycles. The number of carboxylic acid groups (broad SMARTS) is 1. The zero-order chi connectivity index (χ0) is 17.9. The van der Waals surface area contributed by atoms with Crippen LogP contribution < -0.4 is 4.74 Å². The van der Waals surface area contributed by atoms with Crippen LogP contribution in [0.15, 0.2) is 24.3 Å².